The van der Waals surface area contributed by atoms with Crippen molar-refractivity contribution in [3.8, 4) is 0 Å². The molecule has 1 heterocycles. The molecule has 1 aromatic heterocycles. The second kappa shape index (κ2) is 8.09. The molecule has 9 heteroatoms. The van der Waals surface area contributed by atoms with Gasteiger partial charge in [-0.25, -0.2) is 0 Å². The topological polar surface area (TPSA) is 144 Å². The van der Waals surface area contributed by atoms with Gasteiger partial charge in [0.2, 0.25) is 5.76 Å². The van der Waals surface area contributed by atoms with Gasteiger partial charge in [-0.05, 0) is 12.1 Å². The molecule has 9 nitrogen and oxygen atoms in total. The van der Waals surface area contributed by atoms with Crippen LogP contribution in [0.25, 0.3) is 11.0 Å². The number of primary amides is 1. The van der Waals surface area contributed by atoms with Crippen LogP contribution >= 0.6 is 0 Å². The van der Waals surface area contributed by atoms with E-state index < -0.39 is 17.7 Å². The van der Waals surface area contributed by atoms with Crippen molar-refractivity contribution in [2.24, 2.45) is 5.73 Å². The molecule has 0 bridgehead atoms. The third-order valence-corrected chi connectivity index (χ3v) is 3.03. The fourth-order valence-corrected chi connectivity index (χ4v) is 2.00. The molecule has 128 valence electrons. The van der Waals surface area contributed by atoms with Crippen molar-refractivity contribution in [2.75, 3.05) is 31.7 Å². The number of rotatable bonds is 7. The molecule has 2 aromatic rings. The summed E-state index contributed by atoms with van der Waals surface area (Å²) in [6.07, 6.45) is 0. The molecule has 0 aliphatic rings. The first kappa shape index (κ1) is 17.4. The van der Waals surface area contributed by atoms with Crippen molar-refractivity contribution in [1.82, 2.24) is 5.32 Å². The highest BCUT2D eigenvalue weighted by Crippen LogP contribution is 2.30. The summed E-state index contributed by atoms with van der Waals surface area (Å²) in [5.74, 6) is -2.96. The minimum Gasteiger partial charge on any atom is -0.449 e. The molecule has 0 atom stereocenters. The number of ether oxygens (including phenoxy) is 1. The predicted molar refractivity (Wildman–Crippen MR) is 84.3 cm³/mol. The molecule has 24 heavy (non-hydrogen) atoms. The number of para-hydroxylation sites is 1. The summed E-state index contributed by atoms with van der Waals surface area (Å²) in [6.45, 7) is 0.269. The quantitative estimate of drug-likeness (QED) is 0.400. The smallest absolute Gasteiger partial charge is 0.313 e. The number of hydrogen-bond acceptors (Lipinski definition) is 6. The zero-order valence-electron chi connectivity index (χ0n) is 12.7. The highest BCUT2D eigenvalue weighted by atomic mass is 16.5. The maximum atomic E-state index is 12.0. The van der Waals surface area contributed by atoms with Crippen LogP contribution in [-0.2, 0) is 14.3 Å². The second-order valence-electron chi connectivity index (χ2n) is 4.71. The van der Waals surface area contributed by atoms with Gasteiger partial charge in [-0.2, -0.15) is 0 Å². The largest absolute Gasteiger partial charge is 0.449 e. The number of aliphatic hydroxyl groups excluding tert-OH is 1. The summed E-state index contributed by atoms with van der Waals surface area (Å²) in [6, 6.07) is 6.62. The number of furan rings is 1. The standard InChI is InChI=1S/C15H17N3O6/c16-13(20)12-11(9-3-1-2-4-10(9)24-12)18-15(22)14(21)17-5-7-23-8-6-19/h1-4,19H,5-8H2,(H2,16,20)(H,17,21)(H,18,22). The average molecular weight is 335 g/mol. The van der Waals surface area contributed by atoms with E-state index in [1.54, 1.807) is 24.3 Å². The lowest BCUT2D eigenvalue weighted by atomic mass is 10.2. The number of aliphatic hydroxyl groups is 1. The number of benzene rings is 1. The van der Waals surface area contributed by atoms with Crippen LogP contribution in [0.4, 0.5) is 5.69 Å². The lowest BCUT2D eigenvalue weighted by Gasteiger charge is -2.06. The molecule has 0 fully saturated rings. The number of fused-ring (bicyclic) bond motifs is 1. The minimum atomic E-state index is -0.966. The van der Waals surface area contributed by atoms with E-state index in [0.717, 1.165) is 0 Å². The van der Waals surface area contributed by atoms with E-state index in [-0.39, 0.29) is 37.8 Å². The number of nitrogens with two attached hydrogens (primary N) is 1. The van der Waals surface area contributed by atoms with E-state index in [0.29, 0.717) is 11.0 Å². The zero-order valence-corrected chi connectivity index (χ0v) is 12.7. The Morgan fingerprint density at radius 3 is 2.62 bits per heavy atom. The van der Waals surface area contributed by atoms with E-state index in [2.05, 4.69) is 10.6 Å². The molecular weight excluding hydrogens is 318 g/mol. The SMILES string of the molecule is NC(=O)c1oc2ccccc2c1NC(=O)C(=O)NCCOCCO. The van der Waals surface area contributed by atoms with Gasteiger partial charge < -0.3 is 30.6 Å². The summed E-state index contributed by atoms with van der Waals surface area (Å²) >= 11 is 0. The van der Waals surface area contributed by atoms with Gasteiger partial charge in [0.25, 0.3) is 5.91 Å². The Morgan fingerprint density at radius 2 is 1.92 bits per heavy atom. The first-order valence-corrected chi connectivity index (χ1v) is 7.13. The Bertz CT molecular complexity index is 755. The number of carbonyl (C=O) groups excluding carboxylic acids is 3. The molecule has 0 saturated heterocycles. The second-order valence-corrected chi connectivity index (χ2v) is 4.71. The molecule has 0 saturated carbocycles. The van der Waals surface area contributed by atoms with Crippen LogP contribution in [0, 0.1) is 0 Å². The number of amides is 3. The van der Waals surface area contributed by atoms with Crippen molar-refractivity contribution in [3.63, 3.8) is 0 Å². The first-order chi connectivity index (χ1) is 11.5. The molecule has 0 spiro atoms. The van der Waals surface area contributed by atoms with Crippen LogP contribution < -0.4 is 16.4 Å². The van der Waals surface area contributed by atoms with Gasteiger partial charge in [-0.3, -0.25) is 14.4 Å². The van der Waals surface area contributed by atoms with Crippen molar-refractivity contribution in [3.05, 3.63) is 30.0 Å². The predicted octanol–water partition coefficient (Wildman–Crippen LogP) is -0.405. The summed E-state index contributed by atoms with van der Waals surface area (Å²) < 4.78 is 10.3. The Kier molecular flexibility index (Phi) is 5.88. The van der Waals surface area contributed by atoms with Crippen LogP contribution in [0.3, 0.4) is 0 Å². The fourth-order valence-electron chi connectivity index (χ4n) is 2.00. The number of nitrogens with one attached hydrogen (secondary N) is 2. The Labute approximate surface area is 136 Å². The Hall–Kier alpha value is -2.91. The van der Waals surface area contributed by atoms with Gasteiger partial charge in [0.15, 0.2) is 0 Å². The fraction of sp³-hybridized carbons (Fsp3) is 0.267. The highest BCUT2D eigenvalue weighted by Gasteiger charge is 2.22. The minimum absolute atomic E-state index is 0.0507. The highest BCUT2D eigenvalue weighted by molar-refractivity contribution is 6.40. The average Bonchev–Trinajstić information content (AvgIpc) is 2.93. The van der Waals surface area contributed by atoms with Crippen LogP contribution in [0.5, 0.6) is 0 Å². The lowest BCUT2D eigenvalue weighted by molar-refractivity contribution is -0.136. The number of anilines is 1. The van der Waals surface area contributed by atoms with Gasteiger partial charge in [0.05, 0.1) is 19.8 Å². The van der Waals surface area contributed by atoms with Crippen LogP contribution in [0.1, 0.15) is 10.6 Å². The van der Waals surface area contributed by atoms with Gasteiger partial charge in [-0.15, -0.1) is 0 Å². The molecule has 0 aliphatic carbocycles. The first-order valence-electron chi connectivity index (χ1n) is 7.13. The molecule has 0 radical (unpaired) electrons. The third-order valence-electron chi connectivity index (χ3n) is 3.03. The van der Waals surface area contributed by atoms with Crippen molar-refractivity contribution in [2.45, 2.75) is 0 Å². The molecule has 0 aliphatic heterocycles. The molecule has 2 rings (SSSR count). The van der Waals surface area contributed by atoms with E-state index in [1.807, 2.05) is 0 Å². The van der Waals surface area contributed by atoms with Crippen molar-refractivity contribution >= 4 is 34.4 Å². The zero-order chi connectivity index (χ0) is 17.5. The molecular formula is C15H17N3O6. The van der Waals surface area contributed by atoms with Gasteiger partial charge in [0.1, 0.15) is 11.3 Å². The lowest BCUT2D eigenvalue weighted by Crippen LogP contribution is -2.37. The molecule has 5 N–H and O–H groups in total. The maximum absolute atomic E-state index is 12.0. The monoisotopic (exact) mass is 335 g/mol. The van der Waals surface area contributed by atoms with Crippen molar-refractivity contribution < 1.29 is 28.6 Å². The number of hydrogen-bond donors (Lipinski definition) is 4. The Morgan fingerprint density at radius 1 is 1.17 bits per heavy atom. The van der Waals surface area contributed by atoms with Crippen LogP contribution in [0.15, 0.2) is 28.7 Å². The molecule has 1 aromatic carbocycles. The normalized spacial score (nSPS) is 10.5. The summed E-state index contributed by atoms with van der Waals surface area (Å²) in [5, 5.41) is 13.7. The van der Waals surface area contributed by atoms with E-state index in [1.165, 1.54) is 0 Å². The van der Waals surface area contributed by atoms with Gasteiger partial charge >= 0.3 is 11.8 Å². The van der Waals surface area contributed by atoms with Gasteiger partial charge in [-0.1, -0.05) is 12.1 Å². The maximum Gasteiger partial charge on any atom is 0.313 e. The van der Waals surface area contributed by atoms with Gasteiger partial charge in [0, 0.05) is 11.9 Å². The number of carbonyl (C=O) groups is 3. The Balaban J connectivity index is 2.05. The summed E-state index contributed by atoms with van der Waals surface area (Å²) in [5.41, 5.74) is 5.65. The van der Waals surface area contributed by atoms with Crippen LogP contribution in [-0.4, -0.2) is 49.2 Å². The third kappa shape index (κ3) is 4.09. The van der Waals surface area contributed by atoms with E-state index in [9.17, 15) is 14.4 Å². The van der Waals surface area contributed by atoms with Crippen molar-refractivity contribution in [1.29, 1.82) is 0 Å². The van der Waals surface area contributed by atoms with E-state index >= 15 is 0 Å². The molecule has 0 unspecified atom stereocenters. The van der Waals surface area contributed by atoms with E-state index in [4.69, 9.17) is 20.0 Å². The summed E-state index contributed by atoms with van der Waals surface area (Å²) in [7, 11) is 0. The van der Waals surface area contributed by atoms with Crippen LogP contribution in [0.2, 0.25) is 0 Å². The summed E-state index contributed by atoms with van der Waals surface area (Å²) in [4.78, 5) is 35.2. The molecule has 3 amide bonds.